The summed E-state index contributed by atoms with van der Waals surface area (Å²) in [7, 11) is 0. The van der Waals surface area contributed by atoms with Crippen LogP contribution in [0.1, 0.15) is 34.1 Å². The molecule has 0 aliphatic rings. The van der Waals surface area contributed by atoms with E-state index in [9.17, 15) is 9.18 Å². The van der Waals surface area contributed by atoms with Gasteiger partial charge in [0.05, 0.1) is 6.61 Å². The first-order valence-corrected chi connectivity index (χ1v) is 6.04. The van der Waals surface area contributed by atoms with Crippen LogP contribution < -0.4 is 10.1 Å². The van der Waals surface area contributed by atoms with Crippen LogP contribution in [0, 0.1) is 11.2 Å². The standard InChI is InChI=1S/C14H20FNO2/c1-5-18-12-7-6-10(8-11(12)15)16-13(17)9-14(2,3)4/h6-8H,5,9H2,1-4H3,(H,16,17). The largest absolute Gasteiger partial charge is 0.491 e. The first-order chi connectivity index (χ1) is 8.31. The van der Waals surface area contributed by atoms with Crippen LogP contribution >= 0.6 is 0 Å². The normalized spacial score (nSPS) is 11.2. The molecule has 0 aliphatic heterocycles. The lowest BCUT2D eigenvalue weighted by atomic mass is 9.92. The summed E-state index contributed by atoms with van der Waals surface area (Å²) in [6, 6.07) is 4.42. The maximum atomic E-state index is 13.5. The molecule has 0 saturated carbocycles. The van der Waals surface area contributed by atoms with Gasteiger partial charge in [-0.25, -0.2) is 4.39 Å². The third-order valence-corrected chi connectivity index (χ3v) is 2.21. The molecule has 0 heterocycles. The molecule has 18 heavy (non-hydrogen) atoms. The molecular weight excluding hydrogens is 233 g/mol. The number of ether oxygens (including phenoxy) is 1. The van der Waals surface area contributed by atoms with Gasteiger partial charge in [0.15, 0.2) is 11.6 Å². The zero-order chi connectivity index (χ0) is 13.8. The second-order valence-corrected chi connectivity index (χ2v) is 5.36. The van der Waals surface area contributed by atoms with E-state index in [-0.39, 0.29) is 17.1 Å². The third-order valence-electron chi connectivity index (χ3n) is 2.21. The summed E-state index contributed by atoms with van der Waals surface area (Å²) in [6.45, 7) is 8.13. The topological polar surface area (TPSA) is 38.3 Å². The monoisotopic (exact) mass is 253 g/mol. The summed E-state index contributed by atoms with van der Waals surface area (Å²) in [5.41, 5.74) is 0.360. The quantitative estimate of drug-likeness (QED) is 0.890. The van der Waals surface area contributed by atoms with Gasteiger partial charge in [0.25, 0.3) is 0 Å². The number of halogens is 1. The van der Waals surface area contributed by atoms with Crippen LogP contribution in [-0.4, -0.2) is 12.5 Å². The lowest BCUT2D eigenvalue weighted by Gasteiger charge is -2.17. The molecule has 0 bridgehead atoms. The predicted molar refractivity (Wildman–Crippen MR) is 70.3 cm³/mol. The molecule has 0 aromatic heterocycles. The molecule has 0 unspecified atom stereocenters. The Balaban J connectivity index is 2.69. The fourth-order valence-electron chi connectivity index (χ4n) is 1.54. The number of hydrogen-bond donors (Lipinski definition) is 1. The second-order valence-electron chi connectivity index (χ2n) is 5.36. The Morgan fingerprint density at radius 2 is 2.06 bits per heavy atom. The lowest BCUT2D eigenvalue weighted by Crippen LogP contribution is -2.19. The molecule has 100 valence electrons. The van der Waals surface area contributed by atoms with Crippen molar-refractivity contribution in [2.24, 2.45) is 5.41 Å². The summed E-state index contributed by atoms with van der Waals surface area (Å²) >= 11 is 0. The fourth-order valence-corrected chi connectivity index (χ4v) is 1.54. The van der Waals surface area contributed by atoms with Gasteiger partial charge in [-0.1, -0.05) is 20.8 Å². The highest BCUT2D eigenvalue weighted by atomic mass is 19.1. The maximum Gasteiger partial charge on any atom is 0.224 e. The van der Waals surface area contributed by atoms with E-state index in [1.54, 1.807) is 13.0 Å². The number of anilines is 1. The fraction of sp³-hybridized carbons (Fsp3) is 0.500. The Bertz CT molecular complexity index is 424. The van der Waals surface area contributed by atoms with Crippen LogP contribution in [0.25, 0.3) is 0 Å². The molecule has 0 fully saturated rings. The van der Waals surface area contributed by atoms with Gasteiger partial charge in [0, 0.05) is 18.2 Å². The van der Waals surface area contributed by atoms with Gasteiger partial charge >= 0.3 is 0 Å². The van der Waals surface area contributed by atoms with E-state index in [4.69, 9.17) is 4.74 Å². The van der Waals surface area contributed by atoms with Crippen LogP contribution in [0.15, 0.2) is 18.2 Å². The van der Waals surface area contributed by atoms with Crippen molar-refractivity contribution in [3.8, 4) is 5.75 Å². The van der Waals surface area contributed by atoms with Crippen LogP contribution in [0.3, 0.4) is 0 Å². The van der Waals surface area contributed by atoms with Crippen molar-refractivity contribution in [1.82, 2.24) is 0 Å². The van der Waals surface area contributed by atoms with Crippen LogP contribution in [-0.2, 0) is 4.79 Å². The molecule has 1 aromatic carbocycles. The van der Waals surface area contributed by atoms with Gasteiger partial charge in [-0.3, -0.25) is 4.79 Å². The molecule has 1 aromatic rings. The summed E-state index contributed by atoms with van der Waals surface area (Å²) in [6.07, 6.45) is 0.391. The highest BCUT2D eigenvalue weighted by molar-refractivity contribution is 5.91. The van der Waals surface area contributed by atoms with Crippen molar-refractivity contribution in [3.63, 3.8) is 0 Å². The van der Waals surface area contributed by atoms with E-state index in [0.717, 1.165) is 0 Å². The molecule has 0 radical (unpaired) electrons. The van der Waals surface area contributed by atoms with Gasteiger partial charge in [0.2, 0.25) is 5.91 Å². The summed E-state index contributed by atoms with van der Waals surface area (Å²) in [5.74, 6) is -0.386. The predicted octanol–water partition coefficient (Wildman–Crippen LogP) is 3.60. The smallest absolute Gasteiger partial charge is 0.224 e. The third kappa shape index (κ3) is 4.73. The minimum absolute atomic E-state index is 0.0894. The first kappa shape index (κ1) is 14.5. The molecule has 1 amide bonds. The number of rotatable bonds is 4. The van der Waals surface area contributed by atoms with Gasteiger partial charge in [-0.15, -0.1) is 0 Å². The molecule has 1 N–H and O–H groups in total. The average Bonchev–Trinajstić information content (AvgIpc) is 2.19. The number of carbonyl (C=O) groups is 1. The number of benzene rings is 1. The summed E-state index contributed by atoms with van der Waals surface area (Å²) in [5, 5.41) is 2.67. The Morgan fingerprint density at radius 3 is 2.56 bits per heavy atom. The molecule has 1 rings (SSSR count). The molecule has 0 atom stereocenters. The Kier molecular flexibility index (Phi) is 4.70. The molecule has 3 nitrogen and oxygen atoms in total. The van der Waals surface area contributed by atoms with E-state index in [0.29, 0.717) is 18.7 Å². The highest BCUT2D eigenvalue weighted by Gasteiger charge is 2.16. The average molecular weight is 253 g/mol. The zero-order valence-electron chi connectivity index (χ0n) is 11.3. The Hall–Kier alpha value is -1.58. The van der Waals surface area contributed by atoms with E-state index in [1.807, 2.05) is 20.8 Å². The number of nitrogens with one attached hydrogen (secondary N) is 1. The van der Waals surface area contributed by atoms with Gasteiger partial charge in [0.1, 0.15) is 0 Å². The van der Waals surface area contributed by atoms with Crippen LogP contribution in [0.5, 0.6) is 5.75 Å². The van der Waals surface area contributed by atoms with Crippen molar-refractivity contribution in [2.45, 2.75) is 34.1 Å². The van der Waals surface area contributed by atoms with Crippen LogP contribution in [0.2, 0.25) is 0 Å². The van der Waals surface area contributed by atoms with Crippen molar-refractivity contribution in [3.05, 3.63) is 24.0 Å². The molecular formula is C14H20FNO2. The minimum atomic E-state index is -0.467. The van der Waals surface area contributed by atoms with Crippen molar-refractivity contribution >= 4 is 11.6 Å². The summed E-state index contributed by atoms with van der Waals surface area (Å²) in [4.78, 5) is 11.7. The first-order valence-electron chi connectivity index (χ1n) is 6.04. The zero-order valence-corrected chi connectivity index (χ0v) is 11.3. The van der Waals surface area contributed by atoms with Gasteiger partial charge in [-0.05, 0) is 24.5 Å². The lowest BCUT2D eigenvalue weighted by molar-refractivity contribution is -0.117. The molecule has 0 aliphatic carbocycles. The second kappa shape index (κ2) is 5.85. The summed E-state index contributed by atoms with van der Waals surface area (Å²) < 4.78 is 18.6. The number of hydrogen-bond acceptors (Lipinski definition) is 2. The molecule has 0 saturated heterocycles. The number of amides is 1. The van der Waals surface area contributed by atoms with Crippen LogP contribution in [0.4, 0.5) is 10.1 Å². The van der Waals surface area contributed by atoms with Crippen molar-refractivity contribution in [2.75, 3.05) is 11.9 Å². The van der Waals surface area contributed by atoms with E-state index in [2.05, 4.69) is 5.32 Å². The molecule has 0 spiro atoms. The maximum absolute atomic E-state index is 13.5. The van der Waals surface area contributed by atoms with Crippen molar-refractivity contribution in [1.29, 1.82) is 0 Å². The number of carbonyl (C=O) groups excluding carboxylic acids is 1. The van der Waals surface area contributed by atoms with Gasteiger partial charge in [-0.2, -0.15) is 0 Å². The van der Waals surface area contributed by atoms with Crippen molar-refractivity contribution < 1.29 is 13.9 Å². The van der Waals surface area contributed by atoms with E-state index >= 15 is 0 Å². The SMILES string of the molecule is CCOc1ccc(NC(=O)CC(C)(C)C)cc1F. The minimum Gasteiger partial charge on any atom is -0.491 e. The Morgan fingerprint density at radius 1 is 1.39 bits per heavy atom. The highest BCUT2D eigenvalue weighted by Crippen LogP contribution is 2.23. The Labute approximate surface area is 107 Å². The van der Waals surface area contributed by atoms with E-state index in [1.165, 1.54) is 12.1 Å². The molecule has 4 heteroatoms. The van der Waals surface area contributed by atoms with E-state index < -0.39 is 5.82 Å². The van der Waals surface area contributed by atoms with Gasteiger partial charge < -0.3 is 10.1 Å².